The smallest absolute Gasteiger partial charge is 0.327 e. The number of carbonyl (C=O) groups is 2. The summed E-state index contributed by atoms with van der Waals surface area (Å²) in [6.07, 6.45) is 22.6. The fraction of sp³-hybridized carbons (Fsp3) is 0.818. The Hall–Kier alpha value is -1.32. The van der Waals surface area contributed by atoms with E-state index >= 15 is 0 Å². The number of allylic oxidation sites excluding steroid dienone is 1. The van der Waals surface area contributed by atoms with Gasteiger partial charge in [-0.05, 0) is 19.3 Å². The molecule has 0 rings (SSSR count). The van der Waals surface area contributed by atoms with Crippen molar-refractivity contribution in [3.8, 4) is 0 Å². The van der Waals surface area contributed by atoms with Gasteiger partial charge in [0.05, 0.1) is 0 Å². The standard InChI is InChI=1S/C18H34O2.C4H8O2/c1-2-3-4-5-6-7-8-9-10-11-12-13-14-15-16-17-18(19)20;1-2-3-4(5)6/h16-17H,2-15H2,1H3,(H,19,20);2-3H2,1H3,(H,5,6)/b17-16+;. The third-order valence-electron chi connectivity index (χ3n) is 4.20. The number of hydrogen-bond donors (Lipinski definition) is 2. The minimum Gasteiger partial charge on any atom is -0.481 e. The molecule has 0 heterocycles. The van der Waals surface area contributed by atoms with Crippen LogP contribution < -0.4 is 0 Å². The molecule has 0 aliphatic rings. The Bertz CT molecular complexity index is 337. The molecule has 0 fully saturated rings. The highest BCUT2D eigenvalue weighted by Gasteiger charge is 1.93. The highest BCUT2D eigenvalue weighted by atomic mass is 16.4. The Kier molecular flexibility index (Phi) is 24.5. The number of unbranched alkanes of at least 4 members (excludes halogenated alkanes) is 13. The number of carboxylic acids is 2. The zero-order chi connectivity index (χ0) is 19.9. The van der Waals surface area contributed by atoms with E-state index in [1.807, 2.05) is 6.92 Å². The van der Waals surface area contributed by atoms with Gasteiger partial charge in [0.15, 0.2) is 0 Å². The van der Waals surface area contributed by atoms with Crippen LogP contribution in [0.25, 0.3) is 0 Å². The molecular weight excluding hydrogens is 328 g/mol. The largest absolute Gasteiger partial charge is 0.481 e. The van der Waals surface area contributed by atoms with Gasteiger partial charge in [0, 0.05) is 12.5 Å². The first-order chi connectivity index (χ1) is 12.5. The van der Waals surface area contributed by atoms with Crippen LogP contribution in [0.15, 0.2) is 12.2 Å². The molecule has 0 atom stereocenters. The summed E-state index contributed by atoms with van der Waals surface area (Å²) in [5, 5.41) is 16.3. The van der Waals surface area contributed by atoms with Crippen molar-refractivity contribution in [1.29, 1.82) is 0 Å². The molecule has 0 aromatic carbocycles. The molecule has 0 saturated heterocycles. The molecule has 0 unspecified atom stereocenters. The Morgan fingerprint density at radius 3 is 1.38 bits per heavy atom. The molecule has 0 aliphatic carbocycles. The summed E-state index contributed by atoms with van der Waals surface area (Å²) in [4.78, 5) is 19.8. The van der Waals surface area contributed by atoms with Gasteiger partial charge >= 0.3 is 11.9 Å². The van der Waals surface area contributed by atoms with Gasteiger partial charge in [-0.1, -0.05) is 97.0 Å². The molecule has 0 aromatic heterocycles. The Labute approximate surface area is 161 Å². The van der Waals surface area contributed by atoms with Crippen LogP contribution in [0, 0.1) is 0 Å². The molecule has 4 nitrogen and oxygen atoms in total. The number of carboxylic acid groups (broad SMARTS) is 2. The molecule has 0 radical (unpaired) electrons. The van der Waals surface area contributed by atoms with Gasteiger partial charge in [0.1, 0.15) is 0 Å². The van der Waals surface area contributed by atoms with E-state index in [0.29, 0.717) is 6.42 Å². The molecule has 0 saturated carbocycles. The van der Waals surface area contributed by atoms with Crippen molar-refractivity contribution in [1.82, 2.24) is 0 Å². The first-order valence-electron chi connectivity index (χ1n) is 10.7. The minimum atomic E-state index is -0.834. The lowest BCUT2D eigenvalue weighted by Crippen LogP contribution is -1.90. The molecule has 0 bridgehead atoms. The van der Waals surface area contributed by atoms with Crippen molar-refractivity contribution >= 4 is 11.9 Å². The van der Waals surface area contributed by atoms with Gasteiger partial charge in [-0.15, -0.1) is 0 Å². The van der Waals surface area contributed by atoms with Crippen LogP contribution >= 0.6 is 0 Å². The molecular formula is C22H42O4. The lowest BCUT2D eigenvalue weighted by atomic mass is 10.0. The van der Waals surface area contributed by atoms with Gasteiger partial charge in [-0.2, -0.15) is 0 Å². The fourth-order valence-electron chi connectivity index (χ4n) is 2.68. The average Bonchev–Trinajstić information content (AvgIpc) is 2.58. The van der Waals surface area contributed by atoms with Crippen LogP contribution in [0.5, 0.6) is 0 Å². The van der Waals surface area contributed by atoms with Gasteiger partial charge < -0.3 is 10.2 Å². The highest BCUT2D eigenvalue weighted by Crippen LogP contribution is 2.12. The summed E-state index contributed by atoms with van der Waals surface area (Å²) in [6, 6.07) is 0. The zero-order valence-electron chi connectivity index (χ0n) is 17.2. The summed E-state index contributed by atoms with van der Waals surface area (Å²) in [7, 11) is 0. The highest BCUT2D eigenvalue weighted by molar-refractivity contribution is 5.79. The first kappa shape index (κ1) is 26.9. The normalized spacial score (nSPS) is 10.5. The van der Waals surface area contributed by atoms with E-state index in [1.54, 1.807) is 6.08 Å². The quantitative estimate of drug-likeness (QED) is 0.214. The van der Waals surface area contributed by atoms with Gasteiger partial charge in [-0.25, -0.2) is 4.79 Å². The zero-order valence-corrected chi connectivity index (χ0v) is 17.2. The van der Waals surface area contributed by atoms with E-state index in [9.17, 15) is 9.59 Å². The minimum absolute atomic E-state index is 0.292. The van der Waals surface area contributed by atoms with Crippen LogP contribution in [0.1, 0.15) is 117 Å². The van der Waals surface area contributed by atoms with Crippen LogP contribution in [0.2, 0.25) is 0 Å². The molecule has 0 aromatic rings. The van der Waals surface area contributed by atoms with Crippen molar-refractivity contribution in [2.75, 3.05) is 0 Å². The summed E-state index contributed by atoms with van der Waals surface area (Å²) in [6.45, 7) is 4.11. The summed E-state index contributed by atoms with van der Waals surface area (Å²) < 4.78 is 0. The molecule has 154 valence electrons. The fourth-order valence-corrected chi connectivity index (χ4v) is 2.68. The Morgan fingerprint density at radius 1 is 0.654 bits per heavy atom. The predicted octanol–water partition coefficient (Wildman–Crippen LogP) is 6.98. The lowest BCUT2D eigenvalue weighted by molar-refractivity contribution is -0.137. The number of aliphatic carboxylic acids is 2. The second-order valence-electron chi connectivity index (χ2n) is 6.92. The summed E-state index contributed by atoms with van der Waals surface area (Å²) in [5.74, 6) is -1.54. The van der Waals surface area contributed by atoms with Gasteiger partial charge in [-0.3, -0.25) is 4.79 Å². The summed E-state index contributed by atoms with van der Waals surface area (Å²) >= 11 is 0. The third-order valence-corrected chi connectivity index (χ3v) is 4.20. The Morgan fingerprint density at radius 2 is 1.08 bits per heavy atom. The maximum Gasteiger partial charge on any atom is 0.327 e. The van der Waals surface area contributed by atoms with Crippen molar-refractivity contribution in [3.63, 3.8) is 0 Å². The van der Waals surface area contributed by atoms with Crippen molar-refractivity contribution in [2.24, 2.45) is 0 Å². The van der Waals surface area contributed by atoms with Crippen LogP contribution in [-0.2, 0) is 9.59 Å². The lowest BCUT2D eigenvalue weighted by Gasteiger charge is -2.02. The van der Waals surface area contributed by atoms with E-state index in [4.69, 9.17) is 10.2 Å². The molecule has 0 spiro atoms. The van der Waals surface area contributed by atoms with Crippen LogP contribution in [0.3, 0.4) is 0 Å². The SMILES string of the molecule is CCCC(=O)O.CCCCCCCCCCCCCCC/C=C/C(=O)O. The molecule has 4 heteroatoms. The van der Waals surface area contributed by atoms with E-state index in [0.717, 1.165) is 19.3 Å². The molecule has 26 heavy (non-hydrogen) atoms. The van der Waals surface area contributed by atoms with Gasteiger partial charge in [0.25, 0.3) is 0 Å². The maximum absolute atomic E-state index is 10.2. The van der Waals surface area contributed by atoms with Crippen LogP contribution in [0.4, 0.5) is 0 Å². The van der Waals surface area contributed by atoms with Crippen molar-refractivity contribution in [2.45, 2.75) is 117 Å². The maximum atomic E-state index is 10.2. The predicted molar refractivity (Wildman–Crippen MR) is 110 cm³/mol. The number of rotatable bonds is 17. The van der Waals surface area contributed by atoms with E-state index in [-0.39, 0.29) is 0 Å². The monoisotopic (exact) mass is 370 g/mol. The molecule has 0 aliphatic heterocycles. The number of hydrogen-bond acceptors (Lipinski definition) is 2. The first-order valence-corrected chi connectivity index (χ1v) is 10.7. The third kappa shape index (κ3) is 30.5. The van der Waals surface area contributed by atoms with Crippen molar-refractivity contribution < 1.29 is 19.8 Å². The molecule has 2 N–H and O–H groups in total. The molecule has 0 amide bonds. The second-order valence-corrected chi connectivity index (χ2v) is 6.92. The second kappa shape index (κ2) is 23.7. The van der Waals surface area contributed by atoms with Crippen LogP contribution in [-0.4, -0.2) is 22.2 Å². The Balaban J connectivity index is 0. The van der Waals surface area contributed by atoms with Gasteiger partial charge in [0.2, 0.25) is 0 Å². The van der Waals surface area contributed by atoms with E-state index in [1.165, 1.54) is 83.1 Å². The van der Waals surface area contributed by atoms with E-state index < -0.39 is 11.9 Å². The van der Waals surface area contributed by atoms with Crippen molar-refractivity contribution in [3.05, 3.63) is 12.2 Å². The van der Waals surface area contributed by atoms with E-state index in [2.05, 4.69) is 6.92 Å². The average molecular weight is 371 g/mol. The topological polar surface area (TPSA) is 74.6 Å². The summed E-state index contributed by atoms with van der Waals surface area (Å²) in [5.41, 5.74) is 0.